The minimum atomic E-state index is -4.66. The lowest BCUT2D eigenvalue weighted by atomic mass is 10.1. The van der Waals surface area contributed by atoms with E-state index in [1.807, 2.05) is 0 Å². The third kappa shape index (κ3) is 1.50. The number of alkyl halides is 3. The van der Waals surface area contributed by atoms with Gasteiger partial charge in [-0.2, -0.15) is 13.2 Å². The molecule has 0 bridgehead atoms. The lowest BCUT2D eigenvalue weighted by Crippen LogP contribution is -2.26. The Kier molecular flexibility index (Phi) is 1.62. The molecule has 1 atom stereocenters. The van der Waals surface area contributed by atoms with Crippen molar-refractivity contribution in [3.05, 3.63) is 0 Å². The minimum Gasteiger partial charge on any atom is -0.393 e. The average molecular weight is 168 g/mol. The van der Waals surface area contributed by atoms with E-state index < -0.39 is 30.5 Å². The smallest absolute Gasteiger partial charge is 0.393 e. The molecule has 1 aliphatic rings. The zero-order chi connectivity index (χ0) is 8.65. The van der Waals surface area contributed by atoms with Gasteiger partial charge in [-0.1, -0.05) is 0 Å². The van der Waals surface area contributed by atoms with Crippen molar-refractivity contribution in [1.29, 1.82) is 0 Å². The van der Waals surface area contributed by atoms with E-state index in [0.717, 1.165) is 0 Å². The van der Waals surface area contributed by atoms with Gasteiger partial charge in [0.15, 0.2) is 5.92 Å². The summed E-state index contributed by atoms with van der Waals surface area (Å²) in [6.45, 7) is 0. The van der Waals surface area contributed by atoms with Gasteiger partial charge in [0.25, 0.3) is 0 Å². The number of hydrogen-bond acceptors (Lipinski definition) is 3. The van der Waals surface area contributed by atoms with E-state index in [1.54, 1.807) is 0 Å². The summed E-state index contributed by atoms with van der Waals surface area (Å²) in [7, 11) is 0. The molecule has 62 valence electrons. The highest BCUT2D eigenvalue weighted by atomic mass is 19.4. The molecule has 6 heteroatoms. The van der Waals surface area contributed by atoms with Gasteiger partial charge in [0, 0.05) is 0 Å². The maximum Gasteiger partial charge on any atom is 0.402 e. The van der Waals surface area contributed by atoms with Gasteiger partial charge in [0.1, 0.15) is 0 Å². The Labute approximate surface area is 59.1 Å². The zero-order valence-corrected chi connectivity index (χ0v) is 5.14. The molecular weight excluding hydrogens is 165 g/mol. The highest BCUT2D eigenvalue weighted by Crippen LogP contribution is 2.33. The van der Waals surface area contributed by atoms with E-state index in [2.05, 4.69) is 4.74 Å². The highest BCUT2D eigenvalue weighted by Gasteiger charge is 2.51. The second-order valence-corrected chi connectivity index (χ2v) is 2.09. The molecule has 3 nitrogen and oxygen atoms in total. The molecular formula is C5H3F3O3. The fourth-order valence-corrected chi connectivity index (χ4v) is 0.724. The Morgan fingerprint density at radius 3 is 2.09 bits per heavy atom. The number of carbonyl (C=O) groups is 2. The monoisotopic (exact) mass is 168 g/mol. The first-order chi connectivity index (χ1) is 4.91. The lowest BCUT2D eigenvalue weighted by molar-refractivity contribution is -0.185. The largest absolute Gasteiger partial charge is 0.402 e. The van der Waals surface area contributed by atoms with E-state index >= 15 is 0 Å². The summed E-state index contributed by atoms with van der Waals surface area (Å²) in [4.78, 5) is 20.4. The fourth-order valence-electron chi connectivity index (χ4n) is 0.724. The van der Waals surface area contributed by atoms with E-state index in [1.165, 1.54) is 0 Å². The highest BCUT2D eigenvalue weighted by molar-refractivity contribution is 5.95. The molecule has 11 heavy (non-hydrogen) atoms. The molecule has 0 aliphatic carbocycles. The first kappa shape index (κ1) is 8.03. The number of cyclic esters (lactones) is 2. The quantitative estimate of drug-likeness (QED) is 0.393. The summed E-state index contributed by atoms with van der Waals surface area (Å²) in [6, 6.07) is 0. The molecule has 0 aromatic heterocycles. The van der Waals surface area contributed by atoms with Crippen LogP contribution < -0.4 is 0 Å². The van der Waals surface area contributed by atoms with Crippen LogP contribution in [0.15, 0.2) is 0 Å². The van der Waals surface area contributed by atoms with Crippen LogP contribution in [0.3, 0.4) is 0 Å². The van der Waals surface area contributed by atoms with E-state index in [0.29, 0.717) is 0 Å². The average Bonchev–Trinajstić information content (AvgIpc) is 2.08. The minimum absolute atomic E-state index is 0.887. The van der Waals surface area contributed by atoms with Crippen molar-refractivity contribution >= 4 is 11.9 Å². The third-order valence-corrected chi connectivity index (χ3v) is 1.26. The van der Waals surface area contributed by atoms with Crippen molar-refractivity contribution in [3.8, 4) is 0 Å². The van der Waals surface area contributed by atoms with Gasteiger partial charge in [-0.05, 0) is 0 Å². The van der Waals surface area contributed by atoms with E-state index in [9.17, 15) is 22.8 Å². The molecule has 1 fully saturated rings. The first-order valence-corrected chi connectivity index (χ1v) is 2.72. The van der Waals surface area contributed by atoms with Crippen LogP contribution in [0, 0.1) is 5.92 Å². The summed E-state index contributed by atoms with van der Waals surface area (Å²) in [5, 5.41) is 0. The van der Waals surface area contributed by atoms with Crippen LogP contribution in [0.2, 0.25) is 0 Å². The molecule has 0 aromatic carbocycles. The Morgan fingerprint density at radius 2 is 1.91 bits per heavy atom. The molecule has 0 radical (unpaired) electrons. The van der Waals surface area contributed by atoms with Crippen LogP contribution in [-0.2, 0) is 14.3 Å². The van der Waals surface area contributed by atoms with Crippen LogP contribution in [0.1, 0.15) is 6.42 Å². The summed E-state index contributed by atoms with van der Waals surface area (Å²) in [5.74, 6) is -4.87. The van der Waals surface area contributed by atoms with Gasteiger partial charge in [-0.3, -0.25) is 9.59 Å². The van der Waals surface area contributed by atoms with Crippen LogP contribution >= 0.6 is 0 Å². The van der Waals surface area contributed by atoms with Gasteiger partial charge < -0.3 is 4.74 Å². The van der Waals surface area contributed by atoms with Crippen molar-refractivity contribution in [3.63, 3.8) is 0 Å². The Balaban J connectivity index is 2.76. The van der Waals surface area contributed by atoms with Gasteiger partial charge >= 0.3 is 18.1 Å². The van der Waals surface area contributed by atoms with Crippen molar-refractivity contribution in [2.45, 2.75) is 12.6 Å². The summed E-state index contributed by atoms with van der Waals surface area (Å²) in [6.07, 6.45) is -5.55. The Hall–Kier alpha value is -1.07. The number of carbonyl (C=O) groups excluding carboxylic acids is 2. The molecule has 1 rings (SSSR count). The van der Waals surface area contributed by atoms with Crippen LogP contribution in [0.5, 0.6) is 0 Å². The number of esters is 2. The standard InChI is InChI=1S/C5H3F3O3/c6-5(7,8)2-1-3(9)11-4(2)10/h2H,1H2. The number of ether oxygens (including phenoxy) is 1. The number of hydrogen-bond donors (Lipinski definition) is 0. The first-order valence-electron chi connectivity index (χ1n) is 2.72. The number of halogens is 3. The molecule has 0 saturated carbocycles. The molecule has 1 unspecified atom stereocenters. The van der Waals surface area contributed by atoms with E-state index in [4.69, 9.17) is 0 Å². The second-order valence-electron chi connectivity index (χ2n) is 2.09. The SMILES string of the molecule is O=C1CC(C(F)(F)F)C(=O)O1. The lowest BCUT2D eigenvalue weighted by Gasteiger charge is -2.07. The summed E-state index contributed by atoms with van der Waals surface area (Å²) >= 11 is 0. The van der Waals surface area contributed by atoms with E-state index in [-0.39, 0.29) is 0 Å². The topological polar surface area (TPSA) is 43.4 Å². The zero-order valence-electron chi connectivity index (χ0n) is 5.14. The van der Waals surface area contributed by atoms with Crippen LogP contribution in [0.25, 0.3) is 0 Å². The second kappa shape index (κ2) is 2.21. The van der Waals surface area contributed by atoms with Crippen molar-refractivity contribution in [2.75, 3.05) is 0 Å². The van der Waals surface area contributed by atoms with Gasteiger partial charge in [0.2, 0.25) is 0 Å². The van der Waals surface area contributed by atoms with Gasteiger partial charge in [0.05, 0.1) is 6.42 Å². The van der Waals surface area contributed by atoms with Crippen molar-refractivity contribution in [1.82, 2.24) is 0 Å². The van der Waals surface area contributed by atoms with Crippen molar-refractivity contribution in [2.24, 2.45) is 5.92 Å². The number of rotatable bonds is 0. The maximum absolute atomic E-state index is 11.7. The maximum atomic E-state index is 11.7. The van der Waals surface area contributed by atoms with Gasteiger partial charge in [-0.25, -0.2) is 0 Å². The molecule has 0 N–H and O–H groups in total. The van der Waals surface area contributed by atoms with Crippen LogP contribution in [0.4, 0.5) is 13.2 Å². The molecule has 1 aliphatic heterocycles. The third-order valence-electron chi connectivity index (χ3n) is 1.26. The normalized spacial score (nSPS) is 25.5. The molecule has 0 spiro atoms. The Bertz CT molecular complexity index is 208. The molecule has 0 aromatic rings. The predicted octanol–water partition coefficient (Wildman–Crippen LogP) is 0.638. The summed E-state index contributed by atoms with van der Waals surface area (Å²) in [5.41, 5.74) is 0. The fraction of sp³-hybridized carbons (Fsp3) is 0.600. The Morgan fingerprint density at radius 1 is 1.36 bits per heavy atom. The molecule has 1 saturated heterocycles. The molecule has 0 amide bonds. The molecule has 1 heterocycles. The predicted molar refractivity (Wildman–Crippen MR) is 25.3 cm³/mol. The van der Waals surface area contributed by atoms with Gasteiger partial charge in [-0.15, -0.1) is 0 Å². The van der Waals surface area contributed by atoms with Crippen LogP contribution in [-0.4, -0.2) is 18.1 Å². The summed E-state index contributed by atoms with van der Waals surface area (Å²) < 4.78 is 38.9. The van der Waals surface area contributed by atoms with Crippen molar-refractivity contribution < 1.29 is 27.5 Å².